The van der Waals surface area contributed by atoms with Gasteiger partial charge in [0.1, 0.15) is 17.6 Å². The maximum Gasteiger partial charge on any atom is 0.127 e. The molecule has 1 aromatic carbocycles. The van der Waals surface area contributed by atoms with E-state index in [-0.39, 0.29) is 11.5 Å². The van der Waals surface area contributed by atoms with Crippen molar-refractivity contribution in [3.8, 4) is 11.5 Å². The average Bonchev–Trinajstić information content (AvgIpc) is 2.92. The van der Waals surface area contributed by atoms with Crippen LogP contribution in [-0.4, -0.2) is 15.1 Å². The summed E-state index contributed by atoms with van der Waals surface area (Å²) in [7, 11) is 0. The fourth-order valence-electron chi connectivity index (χ4n) is 4.34. The molecule has 24 heavy (non-hydrogen) atoms. The molecular weight excluding hydrogens is 411 g/mol. The predicted molar refractivity (Wildman–Crippen MR) is 109 cm³/mol. The van der Waals surface area contributed by atoms with E-state index in [0.29, 0.717) is 15.6 Å². The second kappa shape index (κ2) is 7.43. The number of phenolic OH excluding ortho intramolecular Hbond substituents is 1. The number of hydrogen-bond acceptors (Lipinski definition) is 2. The van der Waals surface area contributed by atoms with Crippen LogP contribution in [0, 0.1) is 0 Å². The number of rotatable bonds is 6. The van der Waals surface area contributed by atoms with Crippen LogP contribution < -0.4 is 4.74 Å². The molecule has 2 aliphatic rings. The Morgan fingerprint density at radius 3 is 2.75 bits per heavy atom. The lowest BCUT2D eigenvalue weighted by Gasteiger charge is -2.29. The summed E-state index contributed by atoms with van der Waals surface area (Å²) in [6, 6.07) is 4.23. The number of fused-ring (bicyclic) bond motifs is 3. The van der Waals surface area contributed by atoms with Crippen molar-refractivity contribution in [3.63, 3.8) is 0 Å². The molecule has 1 N–H and O–H groups in total. The number of benzene rings is 1. The van der Waals surface area contributed by atoms with Gasteiger partial charge in [0.05, 0.1) is 0 Å². The van der Waals surface area contributed by atoms with Gasteiger partial charge in [0, 0.05) is 15.4 Å². The standard InChI is InChI=1S/C21H31IO2/c1-4-5-6-7-11-21(2,3)14-12-17(23)19-15-9-8-10-16(22)20(15)24-18(19)13-14/h12-13,15-16,20,23H,4-11H2,1-3H3. The minimum atomic E-state index is 0.0844. The number of halogens is 1. The lowest BCUT2D eigenvalue weighted by molar-refractivity contribution is 0.176. The largest absolute Gasteiger partial charge is 0.508 e. The van der Waals surface area contributed by atoms with Crippen molar-refractivity contribution in [2.24, 2.45) is 0 Å². The molecule has 0 radical (unpaired) electrons. The smallest absolute Gasteiger partial charge is 0.127 e. The van der Waals surface area contributed by atoms with Crippen LogP contribution in [-0.2, 0) is 5.41 Å². The van der Waals surface area contributed by atoms with Crippen molar-refractivity contribution in [2.45, 2.75) is 93.5 Å². The van der Waals surface area contributed by atoms with E-state index in [4.69, 9.17) is 4.74 Å². The first-order chi connectivity index (χ1) is 11.4. The third-order valence-electron chi connectivity index (χ3n) is 5.94. The fourth-order valence-corrected chi connectivity index (χ4v) is 5.42. The van der Waals surface area contributed by atoms with Crippen LogP contribution in [0.25, 0.3) is 0 Å². The van der Waals surface area contributed by atoms with E-state index < -0.39 is 0 Å². The van der Waals surface area contributed by atoms with Gasteiger partial charge in [0.15, 0.2) is 0 Å². The van der Waals surface area contributed by atoms with Crippen molar-refractivity contribution in [3.05, 3.63) is 23.3 Å². The Balaban J connectivity index is 1.81. The maximum absolute atomic E-state index is 10.7. The third-order valence-corrected chi connectivity index (χ3v) is 7.27. The van der Waals surface area contributed by atoms with Crippen LogP contribution in [0.2, 0.25) is 0 Å². The van der Waals surface area contributed by atoms with Gasteiger partial charge in [0.25, 0.3) is 0 Å². The number of phenols is 1. The van der Waals surface area contributed by atoms with E-state index in [2.05, 4.69) is 49.4 Å². The molecule has 3 unspecified atom stereocenters. The first kappa shape index (κ1) is 18.3. The van der Waals surface area contributed by atoms with Crippen LogP contribution in [0.15, 0.2) is 12.1 Å². The number of alkyl halides is 1. The van der Waals surface area contributed by atoms with Gasteiger partial charge >= 0.3 is 0 Å². The Labute approximate surface area is 160 Å². The minimum absolute atomic E-state index is 0.0844. The Kier molecular flexibility index (Phi) is 5.68. The van der Waals surface area contributed by atoms with E-state index in [9.17, 15) is 5.11 Å². The molecule has 1 fully saturated rings. The van der Waals surface area contributed by atoms with E-state index in [1.54, 1.807) is 0 Å². The van der Waals surface area contributed by atoms with E-state index >= 15 is 0 Å². The topological polar surface area (TPSA) is 29.5 Å². The van der Waals surface area contributed by atoms with Crippen molar-refractivity contribution in [1.82, 2.24) is 0 Å². The van der Waals surface area contributed by atoms with Gasteiger partial charge in [-0.3, -0.25) is 0 Å². The molecule has 134 valence electrons. The van der Waals surface area contributed by atoms with Gasteiger partial charge in [-0.2, -0.15) is 0 Å². The summed E-state index contributed by atoms with van der Waals surface area (Å²) in [5.74, 6) is 1.80. The number of hydrogen-bond donors (Lipinski definition) is 1. The second-order valence-electron chi connectivity index (χ2n) is 8.24. The summed E-state index contributed by atoms with van der Waals surface area (Å²) in [5.41, 5.74) is 2.38. The van der Waals surface area contributed by atoms with Crippen LogP contribution in [0.5, 0.6) is 11.5 Å². The molecule has 0 amide bonds. The van der Waals surface area contributed by atoms with Gasteiger partial charge in [0.2, 0.25) is 0 Å². The van der Waals surface area contributed by atoms with Crippen molar-refractivity contribution >= 4 is 22.6 Å². The third kappa shape index (κ3) is 3.56. The summed E-state index contributed by atoms with van der Waals surface area (Å²) in [4.78, 5) is 0. The summed E-state index contributed by atoms with van der Waals surface area (Å²) in [6.07, 6.45) is 10.2. The highest BCUT2D eigenvalue weighted by atomic mass is 127. The molecule has 0 saturated heterocycles. The quantitative estimate of drug-likeness (QED) is 0.311. The van der Waals surface area contributed by atoms with Crippen LogP contribution >= 0.6 is 22.6 Å². The molecule has 0 spiro atoms. The highest BCUT2D eigenvalue weighted by Gasteiger charge is 2.43. The Morgan fingerprint density at radius 2 is 2.00 bits per heavy atom. The first-order valence-corrected chi connectivity index (χ1v) is 10.9. The molecule has 0 bridgehead atoms. The normalized spacial score (nSPS) is 25.9. The molecule has 1 saturated carbocycles. The zero-order valence-electron chi connectivity index (χ0n) is 15.3. The molecule has 1 heterocycles. The SMILES string of the molecule is CCCCCCC(C)(C)c1cc(O)c2c(c1)OC1C(I)CCCC21. The molecule has 1 aromatic rings. The maximum atomic E-state index is 10.7. The number of aromatic hydroxyl groups is 1. The van der Waals surface area contributed by atoms with Crippen LogP contribution in [0.4, 0.5) is 0 Å². The Hall–Kier alpha value is -0.450. The van der Waals surface area contributed by atoms with Gasteiger partial charge < -0.3 is 9.84 Å². The first-order valence-electron chi connectivity index (χ1n) is 9.62. The van der Waals surface area contributed by atoms with Crippen molar-refractivity contribution in [1.29, 1.82) is 0 Å². The van der Waals surface area contributed by atoms with E-state index in [1.807, 2.05) is 6.07 Å². The molecular formula is C21H31IO2. The lowest BCUT2D eigenvalue weighted by Crippen LogP contribution is -2.32. The van der Waals surface area contributed by atoms with E-state index in [0.717, 1.165) is 24.2 Å². The molecule has 2 nitrogen and oxygen atoms in total. The van der Waals surface area contributed by atoms with Crippen LogP contribution in [0.1, 0.15) is 89.2 Å². The van der Waals surface area contributed by atoms with E-state index in [1.165, 1.54) is 44.1 Å². The van der Waals surface area contributed by atoms with Crippen molar-refractivity contribution in [2.75, 3.05) is 0 Å². The van der Waals surface area contributed by atoms with Gasteiger partial charge in [-0.1, -0.05) is 75.5 Å². The zero-order valence-corrected chi connectivity index (χ0v) is 17.4. The van der Waals surface area contributed by atoms with Crippen LogP contribution in [0.3, 0.4) is 0 Å². The lowest BCUT2D eigenvalue weighted by atomic mass is 9.77. The average molecular weight is 442 g/mol. The molecule has 3 atom stereocenters. The Bertz CT molecular complexity index is 581. The summed E-state index contributed by atoms with van der Waals surface area (Å²) >= 11 is 2.53. The summed E-state index contributed by atoms with van der Waals surface area (Å²) < 4.78 is 6.87. The number of ether oxygens (including phenoxy) is 1. The molecule has 3 heteroatoms. The predicted octanol–water partition coefficient (Wildman–Crippen LogP) is 6.47. The molecule has 0 aromatic heterocycles. The molecule has 1 aliphatic heterocycles. The highest BCUT2D eigenvalue weighted by Crippen LogP contribution is 2.52. The highest BCUT2D eigenvalue weighted by molar-refractivity contribution is 14.1. The zero-order chi connectivity index (χ0) is 17.3. The Morgan fingerprint density at radius 1 is 1.21 bits per heavy atom. The second-order valence-corrected chi connectivity index (χ2v) is 9.84. The molecule has 1 aliphatic carbocycles. The van der Waals surface area contributed by atoms with Crippen molar-refractivity contribution < 1.29 is 9.84 Å². The van der Waals surface area contributed by atoms with Gasteiger partial charge in [-0.25, -0.2) is 0 Å². The number of unbranched alkanes of at least 4 members (excludes halogenated alkanes) is 3. The van der Waals surface area contributed by atoms with Gasteiger partial charge in [-0.05, 0) is 42.4 Å². The fraction of sp³-hybridized carbons (Fsp3) is 0.714. The summed E-state index contributed by atoms with van der Waals surface area (Å²) in [6.45, 7) is 6.84. The minimum Gasteiger partial charge on any atom is -0.508 e. The summed E-state index contributed by atoms with van der Waals surface area (Å²) in [5, 5.41) is 10.7. The monoisotopic (exact) mass is 442 g/mol. The van der Waals surface area contributed by atoms with Gasteiger partial charge in [-0.15, -0.1) is 0 Å². The molecule has 3 rings (SSSR count).